The molecule has 142 valence electrons. The minimum absolute atomic E-state index is 0.0286. The van der Waals surface area contributed by atoms with E-state index in [0.29, 0.717) is 18.7 Å². The third-order valence-corrected chi connectivity index (χ3v) is 5.69. The maximum absolute atomic E-state index is 12.5. The van der Waals surface area contributed by atoms with Crippen LogP contribution in [0.4, 0.5) is 0 Å². The summed E-state index contributed by atoms with van der Waals surface area (Å²) in [6, 6.07) is 7.33. The average Bonchev–Trinajstić information content (AvgIpc) is 3.18. The molecule has 2 aliphatic heterocycles. The SMILES string of the molecule is Cc1ccc(C(=O)NCC(=O)N2CCC3(CC2)NCCc2[nH]cnc23)cc1. The first-order valence-electron chi connectivity index (χ1n) is 9.48. The minimum atomic E-state index is -0.216. The molecule has 0 unspecified atom stereocenters. The van der Waals surface area contributed by atoms with Crippen molar-refractivity contribution in [3.63, 3.8) is 0 Å². The summed E-state index contributed by atoms with van der Waals surface area (Å²) in [5.74, 6) is -0.254. The van der Waals surface area contributed by atoms with Crippen LogP contribution < -0.4 is 10.6 Å². The fourth-order valence-corrected chi connectivity index (χ4v) is 4.06. The van der Waals surface area contributed by atoms with Crippen molar-refractivity contribution in [2.45, 2.75) is 31.7 Å². The van der Waals surface area contributed by atoms with Crippen molar-refractivity contribution < 1.29 is 9.59 Å². The zero-order valence-corrected chi connectivity index (χ0v) is 15.5. The van der Waals surface area contributed by atoms with Gasteiger partial charge >= 0.3 is 0 Å². The maximum Gasteiger partial charge on any atom is 0.251 e. The molecule has 0 saturated carbocycles. The van der Waals surface area contributed by atoms with Crippen LogP contribution >= 0.6 is 0 Å². The van der Waals surface area contributed by atoms with Crippen molar-refractivity contribution in [3.05, 3.63) is 53.1 Å². The number of amides is 2. The van der Waals surface area contributed by atoms with Gasteiger partial charge in [-0.3, -0.25) is 9.59 Å². The highest BCUT2D eigenvalue weighted by molar-refractivity contribution is 5.96. The van der Waals surface area contributed by atoms with Crippen LogP contribution in [0.25, 0.3) is 0 Å². The summed E-state index contributed by atoms with van der Waals surface area (Å²) < 4.78 is 0. The van der Waals surface area contributed by atoms with Gasteiger partial charge in [-0.15, -0.1) is 0 Å². The van der Waals surface area contributed by atoms with Crippen LogP contribution in [-0.2, 0) is 16.8 Å². The Hall–Kier alpha value is -2.67. The molecule has 4 rings (SSSR count). The number of rotatable bonds is 3. The summed E-state index contributed by atoms with van der Waals surface area (Å²) in [5.41, 5.74) is 3.85. The highest BCUT2D eigenvalue weighted by Gasteiger charge is 2.41. The lowest BCUT2D eigenvalue weighted by molar-refractivity contribution is -0.132. The molecule has 0 atom stereocenters. The van der Waals surface area contributed by atoms with Gasteiger partial charge in [0.1, 0.15) is 0 Å². The van der Waals surface area contributed by atoms with Crippen molar-refractivity contribution in [2.24, 2.45) is 0 Å². The van der Waals surface area contributed by atoms with Crippen molar-refractivity contribution in [1.82, 2.24) is 25.5 Å². The molecule has 0 bridgehead atoms. The Kier molecular flexibility index (Phi) is 4.70. The molecule has 3 N–H and O–H groups in total. The van der Waals surface area contributed by atoms with E-state index in [-0.39, 0.29) is 23.9 Å². The number of benzene rings is 1. The molecule has 1 aromatic carbocycles. The number of imidazole rings is 1. The molecule has 2 amide bonds. The van der Waals surface area contributed by atoms with E-state index in [2.05, 4.69) is 20.6 Å². The number of nitrogens with zero attached hydrogens (tertiary/aromatic N) is 2. The third kappa shape index (κ3) is 3.47. The predicted octanol–water partition coefficient (Wildman–Crippen LogP) is 1.11. The molecule has 7 nitrogen and oxygen atoms in total. The lowest BCUT2D eigenvalue weighted by atomic mass is 9.80. The Labute approximate surface area is 158 Å². The van der Waals surface area contributed by atoms with E-state index in [1.807, 2.05) is 24.0 Å². The van der Waals surface area contributed by atoms with Crippen LogP contribution in [-0.4, -0.2) is 52.9 Å². The topological polar surface area (TPSA) is 90.1 Å². The van der Waals surface area contributed by atoms with E-state index in [1.165, 1.54) is 5.69 Å². The fourth-order valence-electron chi connectivity index (χ4n) is 4.06. The number of hydrogen-bond acceptors (Lipinski definition) is 4. The number of H-pyrrole nitrogens is 1. The van der Waals surface area contributed by atoms with Crippen LogP contribution in [0.5, 0.6) is 0 Å². The van der Waals surface area contributed by atoms with E-state index in [4.69, 9.17) is 0 Å². The average molecular weight is 367 g/mol. The number of likely N-dealkylation sites (tertiary alicyclic amines) is 1. The first-order chi connectivity index (χ1) is 13.1. The Morgan fingerprint density at radius 3 is 2.70 bits per heavy atom. The smallest absolute Gasteiger partial charge is 0.251 e. The number of aryl methyl sites for hydroxylation is 1. The van der Waals surface area contributed by atoms with Crippen LogP contribution in [0.2, 0.25) is 0 Å². The first kappa shape index (κ1) is 17.7. The summed E-state index contributed by atoms with van der Waals surface area (Å²) >= 11 is 0. The minimum Gasteiger partial charge on any atom is -0.348 e. The second-order valence-electron chi connectivity index (χ2n) is 7.42. The summed E-state index contributed by atoms with van der Waals surface area (Å²) in [7, 11) is 0. The molecule has 1 saturated heterocycles. The number of aromatic amines is 1. The summed E-state index contributed by atoms with van der Waals surface area (Å²) in [5, 5.41) is 6.36. The fraction of sp³-hybridized carbons (Fsp3) is 0.450. The monoisotopic (exact) mass is 367 g/mol. The summed E-state index contributed by atoms with van der Waals surface area (Å²) in [6.45, 7) is 4.26. The number of carbonyl (C=O) groups excluding carboxylic acids is 2. The lowest BCUT2D eigenvalue weighted by Crippen LogP contribution is -2.56. The van der Waals surface area contributed by atoms with Gasteiger partial charge in [-0.2, -0.15) is 0 Å². The Bertz CT molecular complexity index is 834. The predicted molar refractivity (Wildman–Crippen MR) is 101 cm³/mol. The van der Waals surface area contributed by atoms with Gasteiger partial charge in [0.2, 0.25) is 5.91 Å². The number of fused-ring (bicyclic) bond motifs is 2. The highest BCUT2D eigenvalue weighted by atomic mass is 16.2. The molecule has 2 aromatic rings. The quantitative estimate of drug-likeness (QED) is 0.758. The lowest BCUT2D eigenvalue weighted by Gasteiger charge is -2.44. The first-order valence-corrected chi connectivity index (χ1v) is 9.48. The molecule has 2 aliphatic rings. The molecule has 0 radical (unpaired) electrons. The normalized spacial score (nSPS) is 18.2. The molecule has 1 fully saturated rings. The van der Waals surface area contributed by atoms with Gasteiger partial charge in [-0.25, -0.2) is 4.98 Å². The zero-order valence-electron chi connectivity index (χ0n) is 15.5. The molecule has 0 aliphatic carbocycles. The van der Waals surface area contributed by atoms with Crippen molar-refractivity contribution >= 4 is 11.8 Å². The van der Waals surface area contributed by atoms with E-state index in [9.17, 15) is 9.59 Å². The number of piperidine rings is 1. The van der Waals surface area contributed by atoms with E-state index in [0.717, 1.165) is 37.1 Å². The van der Waals surface area contributed by atoms with E-state index >= 15 is 0 Å². The van der Waals surface area contributed by atoms with Gasteiger partial charge in [-0.05, 0) is 31.9 Å². The molecule has 3 heterocycles. The largest absolute Gasteiger partial charge is 0.348 e. The van der Waals surface area contributed by atoms with Crippen molar-refractivity contribution in [1.29, 1.82) is 0 Å². The number of carbonyl (C=O) groups is 2. The second-order valence-corrected chi connectivity index (χ2v) is 7.42. The number of hydrogen-bond donors (Lipinski definition) is 3. The van der Waals surface area contributed by atoms with Crippen LogP contribution in [0, 0.1) is 6.92 Å². The van der Waals surface area contributed by atoms with Gasteiger partial charge in [-0.1, -0.05) is 17.7 Å². The maximum atomic E-state index is 12.5. The standard InChI is InChI=1S/C20H25N5O2/c1-14-2-4-15(5-3-14)19(27)21-12-17(26)25-10-7-20(8-11-25)18-16(6-9-24-20)22-13-23-18/h2-5,13,24H,6-12H2,1H3,(H,21,27)(H,22,23). The van der Waals surface area contributed by atoms with E-state index in [1.54, 1.807) is 18.5 Å². The van der Waals surface area contributed by atoms with Gasteiger partial charge in [0.25, 0.3) is 5.91 Å². The van der Waals surface area contributed by atoms with Gasteiger partial charge in [0, 0.05) is 37.3 Å². The zero-order chi connectivity index (χ0) is 18.9. The second kappa shape index (κ2) is 7.15. The third-order valence-electron chi connectivity index (χ3n) is 5.69. The summed E-state index contributed by atoms with van der Waals surface area (Å²) in [6.07, 6.45) is 4.40. The molecular weight excluding hydrogens is 342 g/mol. The van der Waals surface area contributed by atoms with Gasteiger partial charge in [0.15, 0.2) is 0 Å². The van der Waals surface area contributed by atoms with Crippen LogP contribution in [0.15, 0.2) is 30.6 Å². The van der Waals surface area contributed by atoms with E-state index < -0.39 is 0 Å². The highest BCUT2D eigenvalue weighted by Crippen LogP contribution is 2.35. The molecular formula is C20H25N5O2. The molecule has 7 heteroatoms. The molecule has 1 aromatic heterocycles. The Morgan fingerprint density at radius 2 is 1.96 bits per heavy atom. The van der Waals surface area contributed by atoms with Gasteiger partial charge in [0.05, 0.1) is 24.1 Å². The Morgan fingerprint density at radius 1 is 1.22 bits per heavy atom. The number of nitrogens with one attached hydrogen (secondary N) is 3. The molecule has 27 heavy (non-hydrogen) atoms. The van der Waals surface area contributed by atoms with Crippen LogP contribution in [0.1, 0.15) is 40.2 Å². The Balaban J connectivity index is 1.32. The van der Waals surface area contributed by atoms with Crippen molar-refractivity contribution in [2.75, 3.05) is 26.2 Å². The molecule has 1 spiro atoms. The number of aromatic nitrogens is 2. The van der Waals surface area contributed by atoms with Crippen LogP contribution in [0.3, 0.4) is 0 Å². The van der Waals surface area contributed by atoms with Gasteiger partial charge < -0.3 is 20.5 Å². The summed E-state index contributed by atoms with van der Waals surface area (Å²) in [4.78, 5) is 34.3. The van der Waals surface area contributed by atoms with Crippen molar-refractivity contribution in [3.8, 4) is 0 Å².